The van der Waals surface area contributed by atoms with Crippen molar-refractivity contribution in [3.8, 4) is 0 Å². The van der Waals surface area contributed by atoms with Gasteiger partial charge in [0.15, 0.2) is 0 Å². The van der Waals surface area contributed by atoms with Crippen molar-refractivity contribution >= 4 is 5.91 Å². The molecule has 3 nitrogen and oxygen atoms in total. The molecule has 2 N–H and O–H groups in total. The quantitative estimate of drug-likeness (QED) is 0.831. The van der Waals surface area contributed by atoms with Crippen molar-refractivity contribution in [2.45, 2.75) is 78.3 Å². The highest BCUT2D eigenvalue weighted by atomic mass is 16.2. The molecule has 1 heterocycles. The van der Waals surface area contributed by atoms with Gasteiger partial charge in [-0.2, -0.15) is 0 Å². The summed E-state index contributed by atoms with van der Waals surface area (Å²) >= 11 is 0. The summed E-state index contributed by atoms with van der Waals surface area (Å²) in [6, 6.07) is 0.628. The summed E-state index contributed by atoms with van der Waals surface area (Å²) < 4.78 is 0. The van der Waals surface area contributed by atoms with E-state index in [9.17, 15) is 4.79 Å². The SMILES string of the molecule is CC(C)C(C)(C)CNC(=O)C1CCC2CCCCC2N1. The first-order valence-corrected chi connectivity index (χ1v) is 8.44. The minimum Gasteiger partial charge on any atom is -0.354 e. The molecule has 1 saturated heterocycles. The molecule has 0 aromatic heterocycles. The predicted molar refractivity (Wildman–Crippen MR) is 83.5 cm³/mol. The van der Waals surface area contributed by atoms with Crippen molar-refractivity contribution in [1.82, 2.24) is 10.6 Å². The molecule has 0 radical (unpaired) electrons. The van der Waals surface area contributed by atoms with Crippen LogP contribution in [0.25, 0.3) is 0 Å². The third-order valence-electron chi connectivity index (χ3n) is 5.75. The number of carbonyl (C=O) groups is 1. The van der Waals surface area contributed by atoms with Crippen LogP contribution < -0.4 is 10.6 Å². The van der Waals surface area contributed by atoms with Crippen LogP contribution in [0.1, 0.15) is 66.2 Å². The van der Waals surface area contributed by atoms with Crippen molar-refractivity contribution < 1.29 is 4.79 Å². The number of hydrogen-bond acceptors (Lipinski definition) is 2. The van der Waals surface area contributed by atoms with Crippen LogP contribution in [0.3, 0.4) is 0 Å². The normalized spacial score (nSPS) is 30.9. The van der Waals surface area contributed by atoms with Crippen molar-refractivity contribution in [1.29, 1.82) is 0 Å². The Balaban J connectivity index is 1.81. The van der Waals surface area contributed by atoms with Gasteiger partial charge in [0.05, 0.1) is 6.04 Å². The van der Waals surface area contributed by atoms with Gasteiger partial charge in [0, 0.05) is 12.6 Å². The number of amides is 1. The molecule has 0 aromatic carbocycles. The Morgan fingerprint density at radius 1 is 1.20 bits per heavy atom. The highest BCUT2D eigenvalue weighted by molar-refractivity contribution is 5.81. The zero-order chi connectivity index (χ0) is 14.8. The zero-order valence-corrected chi connectivity index (χ0v) is 13.7. The van der Waals surface area contributed by atoms with E-state index in [0.29, 0.717) is 12.0 Å². The highest BCUT2D eigenvalue weighted by Crippen LogP contribution is 2.32. The molecule has 1 aliphatic carbocycles. The van der Waals surface area contributed by atoms with Gasteiger partial charge in [0.25, 0.3) is 0 Å². The average Bonchev–Trinajstić information content (AvgIpc) is 2.44. The monoisotopic (exact) mass is 280 g/mol. The second kappa shape index (κ2) is 6.46. The summed E-state index contributed by atoms with van der Waals surface area (Å²) in [4.78, 5) is 12.4. The summed E-state index contributed by atoms with van der Waals surface area (Å²) in [6.45, 7) is 9.66. The molecule has 1 amide bonds. The molecular weight excluding hydrogens is 248 g/mol. The van der Waals surface area contributed by atoms with Crippen molar-refractivity contribution in [3.05, 3.63) is 0 Å². The number of carbonyl (C=O) groups excluding carboxylic acids is 1. The van der Waals surface area contributed by atoms with Crippen LogP contribution in [-0.2, 0) is 4.79 Å². The molecule has 3 heteroatoms. The summed E-state index contributed by atoms with van der Waals surface area (Å²) in [5, 5.41) is 6.78. The Kier molecular flexibility index (Phi) is 5.11. The molecule has 2 rings (SSSR count). The number of rotatable bonds is 4. The molecule has 1 aliphatic heterocycles. The van der Waals surface area contributed by atoms with Crippen LogP contribution in [0.4, 0.5) is 0 Å². The van der Waals surface area contributed by atoms with Crippen molar-refractivity contribution in [2.24, 2.45) is 17.3 Å². The molecule has 2 aliphatic rings. The lowest BCUT2D eigenvalue weighted by Gasteiger charge is -2.40. The van der Waals surface area contributed by atoms with Gasteiger partial charge in [0.2, 0.25) is 5.91 Å². The third kappa shape index (κ3) is 3.75. The first-order chi connectivity index (χ1) is 9.40. The molecule has 2 fully saturated rings. The summed E-state index contributed by atoms with van der Waals surface area (Å²) in [7, 11) is 0. The van der Waals surface area contributed by atoms with E-state index in [2.05, 4.69) is 38.3 Å². The van der Waals surface area contributed by atoms with Gasteiger partial charge >= 0.3 is 0 Å². The topological polar surface area (TPSA) is 41.1 Å². The molecule has 0 spiro atoms. The van der Waals surface area contributed by atoms with Gasteiger partial charge in [0.1, 0.15) is 0 Å². The van der Waals surface area contributed by atoms with Gasteiger partial charge in [-0.15, -0.1) is 0 Å². The number of fused-ring (bicyclic) bond motifs is 1. The second-order valence-electron chi connectivity index (χ2n) is 7.81. The molecule has 1 saturated carbocycles. The fourth-order valence-electron chi connectivity index (χ4n) is 3.34. The Morgan fingerprint density at radius 3 is 2.60 bits per heavy atom. The van der Waals surface area contributed by atoms with Gasteiger partial charge in [-0.05, 0) is 42.9 Å². The summed E-state index contributed by atoms with van der Waals surface area (Å²) in [6.07, 6.45) is 7.54. The Labute approximate surface area is 124 Å². The molecule has 0 bridgehead atoms. The summed E-state index contributed by atoms with van der Waals surface area (Å²) in [5.41, 5.74) is 0.164. The number of hydrogen-bond donors (Lipinski definition) is 2. The number of piperidine rings is 1. The fourth-order valence-corrected chi connectivity index (χ4v) is 3.34. The standard InChI is InChI=1S/C17H32N2O/c1-12(2)17(3,4)11-18-16(20)15-10-9-13-7-5-6-8-14(13)19-15/h12-15,19H,5-11H2,1-4H3,(H,18,20). The summed E-state index contributed by atoms with van der Waals surface area (Å²) in [5.74, 6) is 1.60. The van der Waals surface area contributed by atoms with E-state index in [1.54, 1.807) is 0 Å². The lowest BCUT2D eigenvalue weighted by Crippen LogP contribution is -2.55. The van der Waals surface area contributed by atoms with Gasteiger partial charge in [-0.25, -0.2) is 0 Å². The van der Waals surface area contributed by atoms with Gasteiger partial charge in [-0.3, -0.25) is 4.79 Å². The lowest BCUT2D eigenvalue weighted by atomic mass is 9.77. The average molecular weight is 280 g/mol. The Morgan fingerprint density at radius 2 is 1.90 bits per heavy atom. The van der Waals surface area contributed by atoms with E-state index >= 15 is 0 Å². The first kappa shape index (κ1) is 15.8. The van der Waals surface area contributed by atoms with E-state index in [0.717, 1.165) is 18.9 Å². The van der Waals surface area contributed by atoms with Crippen LogP contribution in [0, 0.1) is 17.3 Å². The van der Waals surface area contributed by atoms with Crippen LogP contribution in [0.2, 0.25) is 0 Å². The fraction of sp³-hybridized carbons (Fsp3) is 0.941. The van der Waals surface area contributed by atoms with E-state index < -0.39 is 0 Å². The van der Waals surface area contributed by atoms with Crippen LogP contribution in [-0.4, -0.2) is 24.5 Å². The van der Waals surface area contributed by atoms with Crippen molar-refractivity contribution in [2.75, 3.05) is 6.54 Å². The van der Waals surface area contributed by atoms with Crippen LogP contribution >= 0.6 is 0 Å². The Bertz CT molecular complexity index is 338. The van der Waals surface area contributed by atoms with Crippen LogP contribution in [0.15, 0.2) is 0 Å². The maximum atomic E-state index is 12.4. The maximum Gasteiger partial charge on any atom is 0.237 e. The van der Waals surface area contributed by atoms with E-state index in [-0.39, 0.29) is 17.4 Å². The van der Waals surface area contributed by atoms with Gasteiger partial charge < -0.3 is 10.6 Å². The van der Waals surface area contributed by atoms with Crippen molar-refractivity contribution in [3.63, 3.8) is 0 Å². The minimum atomic E-state index is 0.0392. The molecule has 3 atom stereocenters. The first-order valence-electron chi connectivity index (χ1n) is 8.44. The van der Waals surface area contributed by atoms with E-state index in [1.807, 2.05) is 0 Å². The highest BCUT2D eigenvalue weighted by Gasteiger charge is 2.34. The van der Waals surface area contributed by atoms with Crippen LogP contribution in [0.5, 0.6) is 0 Å². The Hall–Kier alpha value is -0.570. The zero-order valence-electron chi connectivity index (χ0n) is 13.7. The second-order valence-corrected chi connectivity index (χ2v) is 7.81. The molecule has 3 unspecified atom stereocenters. The molecule has 0 aromatic rings. The molecule has 116 valence electrons. The molecular formula is C17H32N2O. The number of nitrogens with one attached hydrogen (secondary N) is 2. The third-order valence-corrected chi connectivity index (χ3v) is 5.75. The predicted octanol–water partition coefficient (Wildman–Crippen LogP) is 3.10. The van der Waals surface area contributed by atoms with E-state index in [1.165, 1.54) is 32.1 Å². The smallest absolute Gasteiger partial charge is 0.237 e. The minimum absolute atomic E-state index is 0.0392. The lowest BCUT2D eigenvalue weighted by molar-refractivity contribution is -0.125. The van der Waals surface area contributed by atoms with Gasteiger partial charge in [-0.1, -0.05) is 40.5 Å². The maximum absolute atomic E-state index is 12.4. The molecule has 20 heavy (non-hydrogen) atoms. The largest absolute Gasteiger partial charge is 0.354 e. The van der Waals surface area contributed by atoms with E-state index in [4.69, 9.17) is 0 Å².